The Morgan fingerprint density at radius 2 is 1.77 bits per heavy atom. The van der Waals surface area contributed by atoms with Gasteiger partial charge in [-0.15, -0.1) is 0 Å². The molecule has 0 bridgehead atoms. The number of fused-ring (bicyclic) bond motifs is 1. The van der Waals surface area contributed by atoms with Gasteiger partial charge in [-0.3, -0.25) is 19.7 Å². The van der Waals surface area contributed by atoms with Crippen LogP contribution in [0.1, 0.15) is 12.0 Å². The molecule has 0 aliphatic carbocycles. The van der Waals surface area contributed by atoms with Crippen LogP contribution in [0.2, 0.25) is 0 Å². The Bertz CT molecular complexity index is 967. The SMILES string of the molecule is O=C1C/C(=C/c2cc3c(cc2[N+](=O)[O-])OCO3)C(=O)N1c1ccccc1. The minimum absolute atomic E-state index is 0.0221. The van der Waals surface area contributed by atoms with Crippen LogP contribution in [0.25, 0.3) is 6.08 Å². The maximum Gasteiger partial charge on any atom is 0.280 e. The molecule has 8 heteroatoms. The number of para-hydroxylation sites is 1. The number of anilines is 1. The Balaban J connectivity index is 1.75. The van der Waals surface area contributed by atoms with Crippen molar-refractivity contribution < 1.29 is 24.0 Å². The van der Waals surface area contributed by atoms with Gasteiger partial charge < -0.3 is 9.47 Å². The first-order chi connectivity index (χ1) is 12.5. The summed E-state index contributed by atoms with van der Waals surface area (Å²) in [6.45, 7) is -0.0221. The van der Waals surface area contributed by atoms with Gasteiger partial charge in [0.1, 0.15) is 0 Å². The second kappa shape index (κ2) is 5.99. The first kappa shape index (κ1) is 15.8. The van der Waals surface area contributed by atoms with E-state index in [0.717, 1.165) is 4.90 Å². The average molecular weight is 352 g/mol. The van der Waals surface area contributed by atoms with Gasteiger partial charge in [0.25, 0.3) is 11.6 Å². The summed E-state index contributed by atoms with van der Waals surface area (Å²) in [5.74, 6) is -0.235. The molecular formula is C18H12N2O6. The van der Waals surface area contributed by atoms with Gasteiger partial charge in [0, 0.05) is 5.57 Å². The van der Waals surface area contributed by atoms with Gasteiger partial charge in [0.2, 0.25) is 12.7 Å². The topological polar surface area (TPSA) is 99.0 Å². The molecule has 0 spiro atoms. The quantitative estimate of drug-likeness (QED) is 0.364. The highest BCUT2D eigenvalue weighted by atomic mass is 16.7. The van der Waals surface area contributed by atoms with E-state index in [1.807, 2.05) is 0 Å². The van der Waals surface area contributed by atoms with Crippen LogP contribution < -0.4 is 14.4 Å². The molecule has 2 amide bonds. The van der Waals surface area contributed by atoms with Crippen molar-refractivity contribution in [3.8, 4) is 11.5 Å². The molecule has 8 nitrogen and oxygen atoms in total. The van der Waals surface area contributed by atoms with Crippen LogP contribution in [0.15, 0.2) is 48.0 Å². The zero-order valence-corrected chi connectivity index (χ0v) is 13.4. The summed E-state index contributed by atoms with van der Waals surface area (Å²) >= 11 is 0. The summed E-state index contributed by atoms with van der Waals surface area (Å²) in [5, 5.41) is 11.3. The summed E-state index contributed by atoms with van der Waals surface area (Å²) in [7, 11) is 0. The highest BCUT2D eigenvalue weighted by Gasteiger charge is 2.35. The third-order valence-electron chi connectivity index (χ3n) is 4.13. The molecule has 2 aromatic carbocycles. The number of imide groups is 1. The first-order valence-corrected chi connectivity index (χ1v) is 7.75. The van der Waals surface area contributed by atoms with Gasteiger partial charge in [0.05, 0.1) is 28.7 Å². The minimum atomic E-state index is -0.565. The minimum Gasteiger partial charge on any atom is -0.454 e. The number of nitro groups is 1. The van der Waals surface area contributed by atoms with Gasteiger partial charge in [-0.2, -0.15) is 0 Å². The monoisotopic (exact) mass is 352 g/mol. The van der Waals surface area contributed by atoms with Crippen molar-refractivity contribution in [1.29, 1.82) is 0 Å². The molecule has 4 rings (SSSR count). The number of nitro benzene ring substituents is 1. The largest absolute Gasteiger partial charge is 0.454 e. The number of rotatable bonds is 3. The van der Waals surface area contributed by atoms with Crippen molar-refractivity contribution >= 4 is 29.3 Å². The average Bonchev–Trinajstić information content (AvgIpc) is 3.19. The highest BCUT2D eigenvalue weighted by Crippen LogP contribution is 2.39. The lowest BCUT2D eigenvalue weighted by molar-refractivity contribution is -0.385. The highest BCUT2D eigenvalue weighted by molar-refractivity contribution is 6.29. The van der Waals surface area contributed by atoms with Crippen LogP contribution in [0.3, 0.4) is 0 Å². The fraction of sp³-hybridized carbons (Fsp3) is 0.111. The molecule has 0 aromatic heterocycles. The number of carbonyl (C=O) groups is 2. The molecule has 0 unspecified atom stereocenters. The third kappa shape index (κ3) is 2.57. The van der Waals surface area contributed by atoms with Crippen molar-refractivity contribution in [1.82, 2.24) is 0 Å². The molecule has 0 N–H and O–H groups in total. The maximum atomic E-state index is 12.6. The van der Waals surface area contributed by atoms with Gasteiger partial charge >= 0.3 is 0 Å². The summed E-state index contributed by atoms with van der Waals surface area (Å²) in [6, 6.07) is 11.2. The van der Waals surface area contributed by atoms with E-state index >= 15 is 0 Å². The second-order valence-corrected chi connectivity index (χ2v) is 5.74. The van der Waals surface area contributed by atoms with Gasteiger partial charge in [-0.1, -0.05) is 18.2 Å². The number of amides is 2. The van der Waals surface area contributed by atoms with E-state index in [1.54, 1.807) is 30.3 Å². The van der Waals surface area contributed by atoms with Gasteiger partial charge in [-0.05, 0) is 24.3 Å². The Morgan fingerprint density at radius 1 is 1.08 bits per heavy atom. The van der Waals surface area contributed by atoms with Crippen molar-refractivity contribution in [2.45, 2.75) is 6.42 Å². The normalized spacial score (nSPS) is 17.2. The van der Waals surface area contributed by atoms with Gasteiger partial charge in [-0.25, -0.2) is 4.90 Å². The number of nitrogens with zero attached hydrogens (tertiary/aromatic N) is 2. The Labute approximate surface area is 147 Å². The Kier molecular flexibility index (Phi) is 3.65. The van der Waals surface area contributed by atoms with Crippen LogP contribution >= 0.6 is 0 Å². The van der Waals surface area contributed by atoms with Crippen LogP contribution in [0, 0.1) is 10.1 Å². The molecule has 130 valence electrons. The number of benzene rings is 2. The maximum absolute atomic E-state index is 12.6. The first-order valence-electron chi connectivity index (χ1n) is 7.75. The molecule has 0 radical (unpaired) electrons. The molecule has 1 saturated heterocycles. The summed E-state index contributed by atoms with van der Waals surface area (Å²) in [4.78, 5) is 36.8. The number of ether oxygens (including phenoxy) is 2. The third-order valence-corrected chi connectivity index (χ3v) is 4.13. The predicted octanol–water partition coefficient (Wildman–Crippen LogP) is 2.67. The number of hydrogen-bond donors (Lipinski definition) is 0. The van der Waals surface area contributed by atoms with Crippen molar-refractivity contribution in [3.05, 3.63) is 63.7 Å². The molecule has 2 heterocycles. The van der Waals surface area contributed by atoms with Gasteiger partial charge in [0.15, 0.2) is 11.5 Å². The molecule has 2 aliphatic rings. The second-order valence-electron chi connectivity index (χ2n) is 5.74. The van der Waals surface area contributed by atoms with Crippen molar-refractivity contribution in [3.63, 3.8) is 0 Å². The number of hydrogen-bond acceptors (Lipinski definition) is 6. The Morgan fingerprint density at radius 3 is 2.46 bits per heavy atom. The lowest BCUT2D eigenvalue weighted by atomic mass is 10.1. The summed E-state index contributed by atoms with van der Waals surface area (Å²) in [6.07, 6.45) is 1.24. The molecule has 26 heavy (non-hydrogen) atoms. The molecule has 0 saturated carbocycles. The smallest absolute Gasteiger partial charge is 0.280 e. The van der Waals surface area contributed by atoms with E-state index in [0.29, 0.717) is 11.4 Å². The van der Waals surface area contributed by atoms with Crippen LogP contribution in [0.4, 0.5) is 11.4 Å². The molecule has 2 aromatic rings. The van der Waals surface area contributed by atoms with Crippen LogP contribution in [0.5, 0.6) is 11.5 Å². The van der Waals surface area contributed by atoms with E-state index < -0.39 is 10.8 Å². The Hall–Kier alpha value is -3.68. The summed E-state index contributed by atoms with van der Waals surface area (Å²) in [5.41, 5.74) is 0.609. The molecule has 0 atom stereocenters. The van der Waals surface area contributed by atoms with E-state index in [1.165, 1.54) is 18.2 Å². The van der Waals surface area contributed by atoms with Crippen molar-refractivity contribution in [2.24, 2.45) is 0 Å². The van der Waals surface area contributed by atoms with Crippen LogP contribution in [-0.2, 0) is 9.59 Å². The fourth-order valence-electron chi connectivity index (χ4n) is 2.93. The standard InChI is InChI=1S/C18H12N2O6/c21-17-8-12(18(22)19(17)13-4-2-1-3-5-13)6-11-7-15-16(26-10-25-15)9-14(11)20(23)24/h1-7,9H,8,10H2/b12-6-. The van der Waals surface area contributed by atoms with E-state index in [4.69, 9.17) is 9.47 Å². The molecule has 2 aliphatic heterocycles. The zero-order chi connectivity index (χ0) is 18.3. The van der Waals surface area contributed by atoms with E-state index in [9.17, 15) is 19.7 Å². The van der Waals surface area contributed by atoms with E-state index in [2.05, 4.69) is 0 Å². The zero-order valence-electron chi connectivity index (χ0n) is 13.4. The van der Waals surface area contributed by atoms with E-state index in [-0.39, 0.29) is 41.7 Å². The van der Waals surface area contributed by atoms with Crippen LogP contribution in [-0.4, -0.2) is 23.5 Å². The molecule has 1 fully saturated rings. The lowest BCUT2D eigenvalue weighted by Crippen LogP contribution is -2.28. The number of carbonyl (C=O) groups excluding carboxylic acids is 2. The predicted molar refractivity (Wildman–Crippen MR) is 90.7 cm³/mol. The fourth-order valence-corrected chi connectivity index (χ4v) is 2.93. The van der Waals surface area contributed by atoms with Crippen molar-refractivity contribution in [2.75, 3.05) is 11.7 Å². The lowest BCUT2D eigenvalue weighted by Gasteiger charge is -2.12. The summed E-state index contributed by atoms with van der Waals surface area (Å²) < 4.78 is 10.4. The molecular weight excluding hydrogens is 340 g/mol.